The molecule has 0 unspecified atom stereocenters. The standard InChI is InChI=1S/C14H20N4O/c1-18(2)8-4-7-16-14(19)12-9-10-5-3-6-11(15)13(10)17-12/h3,5-6,9,17H,4,7-8,15H2,1-2H3,(H,16,19). The first-order valence-corrected chi connectivity index (χ1v) is 6.38. The van der Waals surface area contributed by atoms with Gasteiger partial charge < -0.3 is 20.9 Å². The number of H-pyrrole nitrogens is 1. The van der Waals surface area contributed by atoms with Crippen molar-refractivity contribution in [2.75, 3.05) is 32.9 Å². The Morgan fingerprint density at radius 1 is 1.42 bits per heavy atom. The van der Waals surface area contributed by atoms with E-state index in [1.807, 2.05) is 38.4 Å². The molecule has 0 radical (unpaired) electrons. The van der Waals surface area contributed by atoms with Gasteiger partial charge in [-0.15, -0.1) is 0 Å². The molecular weight excluding hydrogens is 240 g/mol. The lowest BCUT2D eigenvalue weighted by atomic mass is 10.2. The number of anilines is 1. The topological polar surface area (TPSA) is 74.2 Å². The molecule has 0 bridgehead atoms. The fraction of sp³-hybridized carbons (Fsp3) is 0.357. The van der Waals surface area contributed by atoms with Crippen LogP contribution in [0.3, 0.4) is 0 Å². The number of rotatable bonds is 5. The number of aromatic amines is 1. The van der Waals surface area contributed by atoms with Crippen LogP contribution in [0.25, 0.3) is 10.9 Å². The van der Waals surface area contributed by atoms with Crippen LogP contribution in [0, 0.1) is 0 Å². The maximum absolute atomic E-state index is 12.0. The summed E-state index contributed by atoms with van der Waals surface area (Å²) in [6.45, 7) is 1.63. The number of nitrogen functional groups attached to an aromatic ring is 1. The third kappa shape index (κ3) is 3.26. The van der Waals surface area contributed by atoms with Crippen LogP contribution in [0.15, 0.2) is 24.3 Å². The molecule has 0 saturated heterocycles. The van der Waals surface area contributed by atoms with Gasteiger partial charge in [-0.25, -0.2) is 0 Å². The largest absolute Gasteiger partial charge is 0.397 e. The molecule has 0 aliphatic rings. The number of nitrogens with one attached hydrogen (secondary N) is 2. The highest BCUT2D eigenvalue weighted by Gasteiger charge is 2.09. The normalized spacial score (nSPS) is 11.1. The van der Waals surface area contributed by atoms with Crippen LogP contribution in [0.2, 0.25) is 0 Å². The SMILES string of the molecule is CN(C)CCCNC(=O)c1cc2cccc(N)c2[nH]1. The summed E-state index contributed by atoms with van der Waals surface area (Å²) in [6.07, 6.45) is 0.932. The lowest BCUT2D eigenvalue weighted by molar-refractivity contribution is 0.0948. The van der Waals surface area contributed by atoms with Crippen molar-refractivity contribution in [2.24, 2.45) is 0 Å². The second-order valence-corrected chi connectivity index (χ2v) is 4.91. The number of carbonyl (C=O) groups is 1. The fourth-order valence-corrected chi connectivity index (χ4v) is 1.99. The van der Waals surface area contributed by atoms with Crippen molar-refractivity contribution in [3.63, 3.8) is 0 Å². The fourth-order valence-electron chi connectivity index (χ4n) is 1.99. The van der Waals surface area contributed by atoms with E-state index in [9.17, 15) is 4.79 Å². The zero-order chi connectivity index (χ0) is 13.8. The monoisotopic (exact) mass is 260 g/mol. The van der Waals surface area contributed by atoms with Gasteiger partial charge >= 0.3 is 0 Å². The lowest BCUT2D eigenvalue weighted by Gasteiger charge is -2.09. The molecule has 0 spiro atoms. The summed E-state index contributed by atoms with van der Waals surface area (Å²) in [6, 6.07) is 7.46. The van der Waals surface area contributed by atoms with E-state index in [0.29, 0.717) is 17.9 Å². The first-order valence-electron chi connectivity index (χ1n) is 6.38. The van der Waals surface area contributed by atoms with Crippen LogP contribution in [0.5, 0.6) is 0 Å². The maximum atomic E-state index is 12.0. The molecule has 0 aliphatic heterocycles. The molecule has 2 rings (SSSR count). The van der Waals surface area contributed by atoms with Crippen molar-refractivity contribution in [1.82, 2.24) is 15.2 Å². The average molecular weight is 260 g/mol. The summed E-state index contributed by atoms with van der Waals surface area (Å²) in [4.78, 5) is 17.1. The van der Waals surface area contributed by atoms with E-state index < -0.39 is 0 Å². The molecule has 0 fully saturated rings. The van der Waals surface area contributed by atoms with Gasteiger partial charge in [-0.1, -0.05) is 12.1 Å². The van der Waals surface area contributed by atoms with Gasteiger partial charge in [0.2, 0.25) is 0 Å². The van der Waals surface area contributed by atoms with Crippen molar-refractivity contribution in [1.29, 1.82) is 0 Å². The van der Waals surface area contributed by atoms with E-state index in [1.54, 1.807) is 0 Å². The summed E-state index contributed by atoms with van der Waals surface area (Å²) in [5.41, 5.74) is 7.89. The molecule has 0 saturated carbocycles. The van der Waals surface area contributed by atoms with Crippen LogP contribution >= 0.6 is 0 Å². The van der Waals surface area contributed by atoms with Gasteiger partial charge in [-0.2, -0.15) is 0 Å². The number of hydrogen-bond donors (Lipinski definition) is 3. The third-order valence-electron chi connectivity index (χ3n) is 3.00. The highest BCUT2D eigenvalue weighted by atomic mass is 16.1. The van der Waals surface area contributed by atoms with E-state index in [4.69, 9.17) is 5.73 Å². The van der Waals surface area contributed by atoms with E-state index in [-0.39, 0.29) is 5.91 Å². The highest BCUT2D eigenvalue weighted by molar-refractivity contribution is 6.00. The minimum Gasteiger partial charge on any atom is -0.397 e. The number of carbonyl (C=O) groups excluding carboxylic acids is 1. The van der Waals surface area contributed by atoms with Crippen LogP contribution in [-0.2, 0) is 0 Å². The Bertz CT molecular complexity index is 574. The Balaban J connectivity index is 2.00. The first-order chi connectivity index (χ1) is 9.08. The Kier molecular flexibility index (Phi) is 4.06. The van der Waals surface area contributed by atoms with E-state index in [2.05, 4.69) is 15.2 Å². The van der Waals surface area contributed by atoms with Crippen LogP contribution in [0.4, 0.5) is 5.69 Å². The van der Waals surface area contributed by atoms with Gasteiger partial charge in [-0.05, 0) is 39.2 Å². The van der Waals surface area contributed by atoms with Crippen molar-refractivity contribution in [2.45, 2.75) is 6.42 Å². The molecule has 0 aliphatic carbocycles. The molecule has 1 amide bonds. The van der Waals surface area contributed by atoms with E-state index in [0.717, 1.165) is 23.9 Å². The quantitative estimate of drug-likeness (QED) is 0.562. The summed E-state index contributed by atoms with van der Waals surface area (Å²) in [7, 11) is 4.03. The highest BCUT2D eigenvalue weighted by Crippen LogP contribution is 2.20. The van der Waals surface area contributed by atoms with E-state index in [1.165, 1.54) is 0 Å². The number of hydrogen-bond acceptors (Lipinski definition) is 3. The Morgan fingerprint density at radius 3 is 2.89 bits per heavy atom. The minimum absolute atomic E-state index is 0.0886. The van der Waals surface area contributed by atoms with Crippen molar-refractivity contribution in [3.8, 4) is 0 Å². The van der Waals surface area contributed by atoms with Crippen LogP contribution < -0.4 is 11.1 Å². The summed E-state index contributed by atoms with van der Waals surface area (Å²) >= 11 is 0. The summed E-state index contributed by atoms with van der Waals surface area (Å²) < 4.78 is 0. The third-order valence-corrected chi connectivity index (χ3v) is 3.00. The number of para-hydroxylation sites is 1. The zero-order valence-electron chi connectivity index (χ0n) is 11.4. The van der Waals surface area contributed by atoms with Crippen molar-refractivity contribution < 1.29 is 4.79 Å². The van der Waals surface area contributed by atoms with Crippen LogP contribution in [-0.4, -0.2) is 43.0 Å². The molecule has 102 valence electrons. The number of nitrogens with zero attached hydrogens (tertiary/aromatic N) is 1. The van der Waals surface area contributed by atoms with Gasteiger partial charge in [0.15, 0.2) is 0 Å². The second-order valence-electron chi connectivity index (χ2n) is 4.91. The average Bonchev–Trinajstić information content (AvgIpc) is 2.79. The minimum atomic E-state index is -0.0886. The Labute approximate surface area is 112 Å². The van der Waals surface area contributed by atoms with Crippen molar-refractivity contribution >= 4 is 22.5 Å². The molecule has 1 aromatic carbocycles. The smallest absolute Gasteiger partial charge is 0.267 e. The maximum Gasteiger partial charge on any atom is 0.267 e. The molecule has 5 heteroatoms. The summed E-state index contributed by atoms with van der Waals surface area (Å²) in [5.74, 6) is -0.0886. The van der Waals surface area contributed by atoms with Crippen LogP contribution in [0.1, 0.15) is 16.9 Å². The molecule has 0 atom stereocenters. The first kappa shape index (κ1) is 13.4. The Hall–Kier alpha value is -2.01. The Morgan fingerprint density at radius 2 is 2.21 bits per heavy atom. The molecule has 19 heavy (non-hydrogen) atoms. The molecule has 4 N–H and O–H groups in total. The number of benzene rings is 1. The van der Waals surface area contributed by atoms with Gasteiger partial charge in [0.05, 0.1) is 11.2 Å². The number of nitrogens with two attached hydrogens (primary N) is 1. The van der Waals surface area contributed by atoms with E-state index >= 15 is 0 Å². The molecule has 1 heterocycles. The molecule has 2 aromatic rings. The van der Waals surface area contributed by atoms with Gasteiger partial charge in [0.25, 0.3) is 5.91 Å². The molecule has 5 nitrogen and oxygen atoms in total. The molecular formula is C14H20N4O. The predicted molar refractivity (Wildman–Crippen MR) is 78.2 cm³/mol. The lowest BCUT2D eigenvalue weighted by Crippen LogP contribution is -2.27. The second kappa shape index (κ2) is 5.75. The predicted octanol–water partition coefficient (Wildman–Crippen LogP) is 1.43. The number of fused-ring (bicyclic) bond motifs is 1. The van der Waals surface area contributed by atoms with Crippen molar-refractivity contribution in [3.05, 3.63) is 30.0 Å². The number of amides is 1. The molecule has 1 aromatic heterocycles. The zero-order valence-corrected chi connectivity index (χ0v) is 11.4. The van der Waals surface area contributed by atoms with Gasteiger partial charge in [-0.3, -0.25) is 4.79 Å². The number of aromatic nitrogens is 1. The van der Waals surface area contributed by atoms with Gasteiger partial charge in [0, 0.05) is 11.9 Å². The van der Waals surface area contributed by atoms with Gasteiger partial charge in [0.1, 0.15) is 5.69 Å². The summed E-state index contributed by atoms with van der Waals surface area (Å²) in [5, 5.41) is 3.85.